The molecule has 0 aliphatic rings. The first-order valence-corrected chi connectivity index (χ1v) is 7.28. The van der Waals surface area contributed by atoms with E-state index in [0.717, 1.165) is 5.56 Å². The van der Waals surface area contributed by atoms with Gasteiger partial charge >= 0.3 is 0 Å². The maximum Gasteiger partial charge on any atom is 0.276 e. The summed E-state index contributed by atoms with van der Waals surface area (Å²) in [5, 5.41) is 5.37. The van der Waals surface area contributed by atoms with Gasteiger partial charge in [0.25, 0.3) is 11.8 Å². The van der Waals surface area contributed by atoms with Crippen LogP contribution >= 0.6 is 0 Å². The quantitative estimate of drug-likeness (QED) is 0.687. The van der Waals surface area contributed by atoms with Crippen molar-refractivity contribution in [3.05, 3.63) is 71.9 Å². The summed E-state index contributed by atoms with van der Waals surface area (Å²) in [6.07, 6.45) is 2.87. The number of nitrogens with one attached hydrogen (secondary N) is 3. The van der Waals surface area contributed by atoms with Crippen molar-refractivity contribution in [3.8, 4) is 0 Å². The summed E-state index contributed by atoms with van der Waals surface area (Å²) < 4.78 is 0. The fraction of sp³-hybridized carbons (Fsp3) is 0.0588. The highest BCUT2D eigenvalue weighted by atomic mass is 16.2. The number of rotatable bonds is 4. The van der Waals surface area contributed by atoms with E-state index in [1.165, 1.54) is 6.33 Å². The number of aryl methyl sites for hydroxylation is 1. The second-order valence-electron chi connectivity index (χ2n) is 5.06. The van der Waals surface area contributed by atoms with Gasteiger partial charge in [0.05, 0.1) is 6.33 Å². The summed E-state index contributed by atoms with van der Waals surface area (Å²) in [5.74, 6) is -0.555. The van der Waals surface area contributed by atoms with Gasteiger partial charge in [-0.25, -0.2) is 9.97 Å². The van der Waals surface area contributed by atoms with Crippen molar-refractivity contribution in [3.63, 3.8) is 0 Å². The average molecular weight is 321 g/mol. The molecule has 7 nitrogen and oxygen atoms in total. The molecule has 0 saturated carbocycles. The lowest BCUT2D eigenvalue weighted by Gasteiger charge is -2.08. The molecule has 0 aliphatic carbocycles. The van der Waals surface area contributed by atoms with Gasteiger partial charge in [0.2, 0.25) is 0 Å². The van der Waals surface area contributed by atoms with Gasteiger partial charge in [-0.05, 0) is 30.7 Å². The van der Waals surface area contributed by atoms with Gasteiger partial charge in [0.15, 0.2) is 5.69 Å². The molecule has 2 aromatic heterocycles. The summed E-state index contributed by atoms with van der Waals surface area (Å²) >= 11 is 0. The molecule has 3 aromatic rings. The third kappa shape index (κ3) is 3.30. The zero-order chi connectivity index (χ0) is 16.9. The number of aromatic nitrogens is 3. The lowest BCUT2D eigenvalue weighted by atomic mass is 10.2. The van der Waals surface area contributed by atoms with Crippen LogP contribution in [0.4, 0.5) is 11.5 Å². The minimum Gasteiger partial charge on any atom is -0.340 e. The van der Waals surface area contributed by atoms with E-state index in [-0.39, 0.29) is 11.4 Å². The Bertz CT molecular complexity index is 873. The van der Waals surface area contributed by atoms with Crippen LogP contribution in [0, 0.1) is 6.92 Å². The number of hydrogen-bond donors (Lipinski definition) is 3. The van der Waals surface area contributed by atoms with Crippen molar-refractivity contribution in [2.45, 2.75) is 6.92 Å². The maximum absolute atomic E-state index is 12.4. The SMILES string of the molecule is Cc1ccccc1NC(=O)c1nc[nH]c1C(=O)Nc1ccccn1. The van der Waals surface area contributed by atoms with E-state index in [1.807, 2.05) is 25.1 Å². The Morgan fingerprint density at radius 2 is 1.75 bits per heavy atom. The molecule has 3 rings (SSSR count). The highest BCUT2D eigenvalue weighted by molar-refractivity contribution is 6.13. The summed E-state index contributed by atoms with van der Waals surface area (Å²) in [4.78, 5) is 35.4. The van der Waals surface area contributed by atoms with Crippen LogP contribution in [0.5, 0.6) is 0 Å². The number of carbonyl (C=O) groups excluding carboxylic acids is 2. The van der Waals surface area contributed by atoms with Gasteiger partial charge in [-0.2, -0.15) is 0 Å². The summed E-state index contributed by atoms with van der Waals surface area (Å²) in [5.41, 5.74) is 1.68. The van der Waals surface area contributed by atoms with Crippen LogP contribution < -0.4 is 10.6 Å². The third-order valence-corrected chi connectivity index (χ3v) is 3.38. The predicted octanol–water partition coefficient (Wildman–Crippen LogP) is 2.62. The summed E-state index contributed by atoms with van der Waals surface area (Å²) in [6.45, 7) is 1.88. The Hall–Kier alpha value is -3.48. The number of pyridine rings is 1. The number of H-pyrrole nitrogens is 1. The van der Waals surface area contributed by atoms with Crippen LogP contribution in [0.3, 0.4) is 0 Å². The molecule has 0 atom stereocenters. The van der Waals surface area contributed by atoms with Crippen LogP contribution in [0.2, 0.25) is 0 Å². The zero-order valence-electron chi connectivity index (χ0n) is 12.9. The number of nitrogens with zero attached hydrogens (tertiary/aromatic N) is 2. The van der Waals surface area contributed by atoms with E-state index in [1.54, 1.807) is 30.5 Å². The fourth-order valence-electron chi connectivity index (χ4n) is 2.15. The van der Waals surface area contributed by atoms with Crippen molar-refractivity contribution in [1.82, 2.24) is 15.0 Å². The average Bonchev–Trinajstić information content (AvgIpc) is 3.08. The lowest BCUT2D eigenvalue weighted by Crippen LogP contribution is -2.21. The van der Waals surface area contributed by atoms with Crippen LogP contribution in [0.25, 0.3) is 0 Å². The Morgan fingerprint density at radius 1 is 0.958 bits per heavy atom. The molecule has 0 unspecified atom stereocenters. The first kappa shape index (κ1) is 15.4. The minimum atomic E-state index is -0.485. The van der Waals surface area contributed by atoms with Crippen LogP contribution in [-0.4, -0.2) is 26.8 Å². The standard InChI is InChI=1S/C17H15N5O2/c1-11-6-2-3-7-12(11)21-16(23)14-15(20-10-19-14)17(24)22-13-8-4-5-9-18-13/h2-10H,1H3,(H,19,20)(H,21,23)(H,18,22,24). The topological polar surface area (TPSA) is 99.8 Å². The number of amides is 2. The predicted molar refractivity (Wildman–Crippen MR) is 89.9 cm³/mol. The first-order valence-electron chi connectivity index (χ1n) is 7.28. The number of para-hydroxylation sites is 1. The second-order valence-corrected chi connectivity index (χ2v) is 5.06. The molecular weight excluding hydrogens is 306 g/mol. The van der Waals surface area contributed by atoms with Gasteiger partial charge in [-0.3, -0.25) is 9.59 Å². The van der Waals surface area contributed by atoms with E-state index in [4.69, 9.17) is 0 Å². The fourth-order valence-corrected chi connectivity index (χ4v) is 2.15. The van der Waals surface area contributed by atoms with E-state index in [9.17, 15) is 9.59 Å². The van der Waals surface area contributed by atoms with Crippen molar-refractivity contribution >= 4 is 23.3 Å². The molecule has 0 spiro atoms. The lowest BCUT2D eigenvalue weighted by molar-refractivity contribution is 0.0985. The van der Waals surface area contributed by atoms with E-state index < -0.39 is 11.8 Å². The van der Waals surface area contributed by atoms with Gasteiger partial charge in [-0.15, -0.1) is 0 Å². The number of hydrogen-bond acceptors (Lipinski definition) is 4. The molecule has 1 aromatic carbocycles. The molecule has 24 heavy (non-hydrogen) atoms. The summed E-state index contributed by atoms with van der Waals surface area (Å²) in [7, 11) is 0. The largest absolute Gasteiger partial charge is 0.340 e. The van der Waals surface area contributed by atoms with Gasteiger partial charge in [0.1, 0.15) is 11.5 Å². The molecule has 0 radical (unpaired) electrons. The Labute approximate surface area is 138 Å². The highest BCUT2D eigenvalue weighted by Gasteiger charge is 2.21. The Morgan fingerprint density at radius 3 is 2.50 bits per heavy atom. The van der Waals surface area contributed by atoms with Crippen molar-refractivity contribution in [2.75, 3.05) is 10.6 Å². The van der Waals surface area contributed by atoms with Gasteiger partial charge in [-0.1, -0.05) is 24.3 Å². The highest BCUT2D eigenvalue weighted by Crippen LogP contribution is 2.15. The van der Waals surface area contributed by atoms with E-state index in [2.05, 4.69) is 25.6 Å². The smallest absolute Gasteiger partial charge is 0.276 e. The number of anilines is 2. The molecule has 0 bridgehead atoms. The van der Waals surface area contributed by atoms with Crippen LogP contribution in [0.1, 0.15) is 26.5 Å². The molecule has 7 heteroatoms. The van der Waals surface area contributed by atoms with Crippen LogP contribution in [-0.2, 0) is 0 Å². The Kier molecular flexibility index (Phi) is 4.33. The molecule has 0 fully saturated rings. The normalized spacial score (nSPS) is 10.2. The molecule has 0 saturated heterocycles. The monoisotopic (exact) mass is 321 g/mol. The van der Waals surface area contributed by atoms with Gasteiger partial charge in [0, 0.05) is 11.9 Å². The molecule has 0 aliphatic heterocycles. The maximum atomic E-state index is 12.4. The number of carbonyl (C=O) groups is 2. The first-order chi connectivity index (χ1) is 11.6. The Balaban J connectivity index is 1.78. The summed E-state index contributed by atoms with van der Waals surface area (Å²) in [6, 6.07) is 12.5. The van der Waals surface area contributed by atoms with Crippen LogP contribution in [0.15, 0.2) is 55.0 Å². The molecule has 120 valence electrons. The second kappa shape index (κ2) is 6.74. The molecule has 2 heterocycles. The third-order valence-electron chi connectivity index (χ3n) is 3.38. The minimum absolute atomic E-state index is 0.0201. The van der Waals surface area contributed by atoms with Crippen molar-refractivity contribution in [1.29, 1.82) is 0 Å². The van der Waals surface area contributed by atoms with E-state index in [0.29, 0.717) is 11.5 Å². The molecular formula is C17H15N5O2. The van der Waals surface area contributed by atoms with Gasteiger partial charge < -0.3 is 15.6 Å². The van der Waals surface area contributed by atoms with Crippen molar-refractivity contribution < 1.29 is 9.59 Å². The van der Waals surface area contributed by atoms with E-state index >= 15 is 0 Å². The van der Waals surface area contributed by atoms with Crippen molar-refractivity contribution in [2.24, 2.45) is 0 Å². The zero-order valence-corrected chi connectivity index (χ0v) is 12.9. The molecule has 3 N–H and O–H groups in total. The number of benzene rings is 1. The number of imidazole rings is 1. The molecule has 2 amide bonds. The number of aromatic amines is 1.